The number of likely N-dealkylation sites (tertiary alicyclic amines) is 1. The number of fused-ring (bicyclic) bond motifs is 2. The number of benzene rings is 2. The molecule has 3 fully saturated rings. The summed E-state index contributed by atoms with van der Waals surface area (Å²) in [7, 11) is -3.79. The fourth-order valence-electron chi connectivity index (χ4n) is 5.47. The van der Waals surface area contributed by atoms with Crippen LogP contribution in [0.15, 0.2) is 58.3 Å². The van der Waals surface area contributed by atoms with Gasteiger partial charge in [-0.05, 0) is 43.2 Å². The van der Waals surface area contributed by atoms with Gasteiger partial charge in [-0.1, -0.05) is 24.3 Å². The molecule has 0 aliphatic carbocycles. The predicted octanol–water partition coefficient (Wildman–Crippen LogP) is 3.10. The summed E-state index contributed by atoms with van der Waals surface area (Å²) in [6, 6.07) is 12.3. The van der Waals surface area contributed by atoms with E-state index in [1.54, 1.807) is 36.4 Å². The molecule has 0 saturated carbocycles. The number of anilines is 1. The van der Waals surface area contributed by atoms with Crippen LogP contribution in [0.5, 0.6) is 0 Å². The molecule has 3 aliphatic rings. The third-order valence-corrected chi connectivity index (χ3v) is 10.2. The second kappa shape index (κ2) is 9.73. The lowest BCUT2D eigenvalue weighted by Gasteiger charge is -2.44. The highest BCUT2D eigenvalue weighted by Crippen LogP contribution is 2.39. The number of ether oxygens (including phenoxy) is 1. The van der Waals surface area contributed by atoms with Gasteiger partial charge in [0.2, 0.25) is 10.0 Å². The van der Waals surface area contributed by atoms with Crippen LogP contribution < -0.4 is 4.90 Å². The van der Waals surface area contributed by atoms with Crippen LogP contribution >= 0.6 is 12.6 Å². The Balaban J connectivity index is 1.41. The number of hydrogen-bond acceptors (Lipinski definition) is 7. The molecule has 7 nitrogen and oxygen atoms in total. The van der Waals surface area contributed by atoms with Crippen LogP contribution in [0.25, 0.3) is 0 Å². The molecule has 3 saturated heterocycles. The van der Waals surface area contributed by atoms with Gasteiger partial charge in [0, 0.05) is 49.3 Å². The van der Waals surface area contributed by atoms with E-state index in [0.717, 1.165) is 19.9 Å². The van der Waals surface area contributed by atoms with Crippen molar-refractivity contribution in [2.45, 2.75) is 53.1 Å². The molecule has 12 heteroatoms. The van der Waals surface area contributed by atoms with E-state index in [9.17, 15) is 26.7 Å². The topological polar surface area (TPSA) is 73.3 Å². The zero-order chi connectivity index (χ0) is 26.6. The minimum absolute atomic E-state index is 0.151. The van der Waals surface area contributed by atoms with Crippen LogP contribution in [0.4, 0.5) is 18.9 Å². The highest BCUT2D eigenvalue weighted by molar-refractivity contribution is 7.90. The van der Waals surface area contributed by atoms with Crippen LogP contribution in [0, 0.1) is 0 Å². The molecule has 4 atom stereocenters. The molecule has 0 aromatic heterocycles. The van der Waals surface area contributed by atoms with E-state index in [0.29, 0.717) is 30.3 Å². The number of alkyl halides is 3. The standard InChI is InChI=1S/C25H30F3N3O4S2/c1-24(32,25(26,27)28)17-6-8-18(9-7-17)31-11-10-30(37(33,34)23-5-3-2-4-22(23)36)14-20(31)13-29-15-21-12-19(29)16-35-21/h2-9,19-21,32,36H,10-16H2,1H3/t19-,20+,21-,24-/m1/s1. The van der Waals surface area contributed by atoms with E-state index in [4.69, 9.17) is 4.74 Å². The summed E-state index contributed by atoms with van der Waals surface area (Å²) in [6.45, 7) is 3.56. The summed E-state index contributed by atoms with van der Waals surface area (Å²) >= 11 is 4.35. The first-order valence-electron chi connectivity index (χ1n) is 12.2. The molecule has 0 amide bonds. The van der Waals surface area contributed by atoms with Crippen molar-refractivity contribution >= 4 is 28.3 Å². The van der Waals surface area contributed by atoms with Crippen molar-refractivity contribution in [3.05, 3.63) is 54.1 Å². The molecule has 0 radical (unpaired) electrons. The van der Waals surface area contributed by atoms with Crippen molar-refractivity contribution in [1.82, 2.24) is 9.21 Å². The molecule has 5 rings (SSSR count). The van der Waals surface area contributed by atoms with Gasteiger partial charge >= 0.3 is 6.18 Å². The van der Waals surface area contributed by atoms with E-state index in [1.807, 2.05) is 0 Å². The minimum Gasteiger partial charge on any atom is -0.376 e. The lowest BCUT2D eigenvalue weighted by Crippen LogP contribution is -2.59. The van der Waals surface area contributed by atoms with E-state index in [2.05, 4.69) is 22.4 Å². The zero-order valence-corrected chi connectivity index (χ0v) is 22.0. The monoisotopic (exact) mass is 557 g/mol. The molecule has 3 heterocycles. The second-order valence-electron chi connectivity index (χ2n) is 10.1. The number of thiol groups is 1. The fraction of sp³-hybridized carbons (Fsp3) is 0.520. The van der Waals surface area contributed by atoms with Gasteiger partial charge in [0.15, 0.2) is 5.60 Å². The summed E-state index contributed by atoms with van der Waals surface area (Å²) in [4.78, 5) is 4.90. The fourth-order valence-corrected chi connectivity index (χ4v) is 7.53. The van der Waals surface area contributed by atoms with E-state index < -0.39 is 21.8 Å². The largest absolute Gasteiger partial charge is 0.421 e. The van der Waals surface area contributed by atoms with E-state index >= 15 is 0 Å². The lowest BCUT2D eigenvalue weighted by atomic mass is 9.95. The quantitative estimate of drug-likeness (QED) is 0.532. The van der Waals surface area contributed by atoms with Gasteiger partial charge in [0.25, 0.3) is 0 Å². The van der Waals surface area contributed by atoms with Crippen molar-refractivity contribution in [3.63, 3.8) is 0 Å². The maximum absolute atomic E-state index is 13.5. The molecule has 0 unspecified atom stereocenters. The Kier molecular flexibility index (Phi) is 7.04. The number of piperazine rings is 1. The maximum atomic E-state index is 13.5. The Bertz CT molecular complexity index is 1240. The second-order valence-corrected chi connectivity index (χ2v) is 12.5. The van der Waals surface area contributed by atoms with Gasteiger partial charge in [-0.15, -0.1) is 12.6 Å². The highest BCUT2D eigenvalue weighted by Gasteiger charge is 2.51. The third kappa shape index (κ3) is 4.99. The molecule has 2 aromatic carbocycles. The van der Waals surface area contributed by atoms with Crippen LogP contribution in [0.3, 0.4) is 0 Å². The molecule has 2 bridgehead atoms. The average molecular weight is 558 g/mol. The number of nitrogens with zero attached hydrogens (tertiary/aromatic N) is 3. The summed E-state index contributed by atoms with van der Waals surface area (Å²) in [6.07, 6.45) is -3.68. The molecular formula is C25H30F3N3O4S2. The summed E-state index contributed by atoms with van der Waals surface area (Å²) < 4.78 is 74.1. The molecule has 3 aliphatic heterocycles. The van der Waals surface area contributed by atoms with Gasteiger partial charge in [-0.3, -0.25) is 4.90 Å². The maximum Gasteiger partial charge on any atom is 0.421 e. The van der Waals surface area contributed by atoms with Crippen molar-refractivity contribution < 1.29 is 31.4 Å². The molecule has 37 heavy (non-hydrogen) atoms. The first kappa shape index (κ1) is 26.8. The number of sulfonamides is 1. The van der Waals surface area contributed by atoms with Crippen molar-refractivity contribution in [2.24, 2.45) is 0 Å². The minimum atomic E-state index is -4.81. The Labute approximate surface area is 220 Å². The Morgan fingerprint density at radius 2 is 1.78 bits per heavy atom. The third-order valence-electron chi connectivity index (χ3n) is 7.70. The Morgan fingerprint density at radius 3 is 2.38 bits per heavy atom. The van der Waals surface area contributed by atoms with Crippen LogP contribution in [0.2, 0.25) is 0 Å². The number of aliphatic hydroxyl groups is 1. The number of rotatable bonds is 6. The van der Waals surface area contributed by atoms with Gasteiger partial charge in [-0.2, -0.15) is 17.5 Å². The predicted molar refractivity (Wildman–Crippen MR) is 135 cm³/mol. The Hall–Kier alpha value is -1.83. The number of morpholine rings is 1. The van der Waals surface area contributed by atoms with Crippen LogP contribution in [-0.4, -0.2) is 86.4 Å². The smallest absolute Gasteiger partial charge is 0.376 e. The van der Waals surface area contributed by atoms with Gasteiger partial charge in [0.1, 0.15) is 0 Å². The normalized spacial score (nSPS) is 27.0. The van der Waals surface area contributed by atoms with Crippen molar-refractivity contribution in [3.8, 4) is 0 Å². The van der Waals surface area contributed by atoms with E-state index in [1.165, 1.54) is 16.4 Å². The van der Waals surface area contributed by atoms with Gasteiger partial charge < -0.3 is 14.7 Å². The number of hydrogen-bond donors (Lipinski definition) is 2. The van der Waals surface area contributed by atoms with Crippen LogP contribution in [-0.2, 0) is 20.4 Å². The van der Waals surface area contributed by atoms with E-state index in [-0.39, 0.29) is 41.7 Å². The molecular weight excluding hydrogens is 527 g/mol. The summed E-state index contributed by atoms with van der Waals surface area (Å²) in [5, 5.41) is 10.0. The molecule has 1 N–H and O–H groups in total. The first-order valence-corrected chi connectivity index (χ1v) is 14.1. The molecule has 2 aromatic rings. The molecule has 202 valence electrons. The first-order chi connectivity index (χ1) is 17.4. The zero-order valence-electron chi connectivity index (χ0n) is 20.3. The van der Waals surface area contributed by atoms with Crippen LogP contribution in [0.1, 0.15) is 18.9 Å². The lowest BCUT2D eigenvalue weighted by molar-refractivity contribution is -0.258. The average Bonchev–Trinajstić information content (AvgIpc) is 3.47. The summed E-state index contributed by atoms with van der Waals surface area (Å²) in [5.74, 6) is 0. The highest BCUT2D eigenvalue weighted by atomic mass is 32.2. The SMILES string of the molecule is C[C@@](O)(c1ccc(N2CCN(S(=O)(=O)c3ccccc3S)C[C@@H]2CN2C[C@H]3C[C@@H]2CO3)cc1)C(F)(F)F. The van der Waals surface area contributed by atoms with Gasteiger partial charge in [-0.25, -0.2) is 8.42 Å². The number of halogens is 3. The Morgan fingerprint density at radius 1 is 1.08 bits per heavy atom. The van der Waals surface area contributed by atoms with Crippen molar-refractivity contribution in [2.75, 3.05) is 44.2 Å². The van der Waals surface area contributed by atoms with Gasteiger partial charge in [0.05, 0.1) is 23.6 Å². The summed E-state index contributed by atoms with van der Waals surface area (Å²) in [5.41, 5.74) is -2.54. The molecule has 0 spiro atoms. The van der Waals surface area contributed by atoms with Crippen molar-refractivity contribution in [1.29, 1.82) is 0 Å².